The molecule has 34 heavy (non-hydrogen) atoms. The number of hydrogen-bond donors (Lipinski definition) is 3. The number of esters is 1. The molecule has 2 unspecified atom stereocenters. The summed E-state index contributed by atoms with van der Waals surface area (Å²) in [6.07, 6.45) is 4.65. The van der Waals surface area contributed by atoms with Crippen molar-refractivity contribution in [3.05, 3.63) is 29.0 Å². The fraction of sp³-hybridized carbons (Fsp3) is 0.643. The maximum Gasteiger partial charge on any atom is 0.328 e. The fourth-order valence-corrected chi connectivity index (χ4v) is 5.87. The van der Waals surface area contributed by atoms with Crippen LogP contribution in [0.5, 0.6) is 0 Å². The maximum atomic E-state index is 13.3. The van der Waals surface area contributed by atoms with Crippen molar-refractivity contribution < 1.29 is 14.3 Å². The largest absolute Gasteiger partial charge is 0.464 e. The highest BCUT2D eigenvalue weighted by Crippen LogP contribution is 2.53. The van der Waals surface area contributed by atoms with Crippen molar-refractivity contribution in [3.8, 4) is 0 Å². The van der Waals surface area contributed by atoms with Crippen molar-refractivity contribution in [2.24, 2.45) is 11.8 Å². The Morgan fingerprint density at radius 1 is 1.15 bits per heavy atom. The molecular weight excluding hydrogens is 426 g/mol. The predicted octanol–water partition coefficient (Wildman–Crippen LogP) is 5.19. The number of aromatic nitrogens is 1. The molecule has 0 fully saturated rings. The first-order chi connectivity index (χ1) is 15.9. The Morgan fingerprint density at radius 3 is 2.47 bits per heavy atom. The van der Waals surface area contributed by atoms with Crippen molar-refractivity contribution in [1.29, 1.82) is 0 Å². The summed E-state index contributed by atoms with van der Waals surface area (Å²) < 4.78 is 5.32. The molecule has 6 nitrogen and oxygen atoms in total. The summed E-state index contributed by atoms with van der Waals surface area (Å²) in [6.45, 7) is 17.8. The number of carbonyl (C=O) groups excluding carboxylic acids is 2. The molecule has 2 heterocycles. The van der Waals surface area contributed by atoms with E-state index in [4.69, 9.17) is 4.74 Å². The summed E-state index contributed by atoms with van der Waals surface area (Å²) in [6, 6.07) is 1.13. The van der Waals surface area contributed by atoms with E-state index in [1.165, 1.54) is 11.1 Å². The molecule has 1 aliphatic heterocycles. The Bertz CT molecular complexity index is 1110. The predicted molar refractivity (Wildman–Crippen MR) is 137 cm³/mol. The van der Waals surface area contributed by atoms with Gasteiger partial charge in [-0.3, -0.25) is 4.79 Å². The van der Waals surface area contributed by atoms with Crippen LogP contribution in [-0.2, 0) is 31.6 Å². The molecule has 3 N–H and O–H groups in total. The summed E-state index contributed by atoms with van der Waals surface area (Å²) in [7, 11) is 0. The minimum Gasteiger partial charge on any atom is -0.464 e. The number of carbonyl (C=O) groups is 2. The second kappa shape index (κ2) is 8.62. The van der Waals surface area contributed by atoms with Crippen molar-refractivity contribution >= 4 is 28.5 Å². The standard InChI is InChI=1S/C28H41N3O3/c1-9-34-26(33)20-12-17-14-29-24-21(17)19(30-23(15(2)3)25(32)31-20)13-18-22(24)27(6,7)10-11-28(18,8)16(4)5/h13-16,20,23,29-30H,9-12H2,1-8H3,(H,31,32)/t20?,23-,28?/m0/s1. The van der Waals surface area contributed by atoms with Gasteiger partial charge < -0.3 is 20.4 Å². The molecule has 1 amide bonds. The van der Waals surface area contributed by atoms with E-state index in [2.05, 4.69) is 56.3 Å². The first-order valence-corrected chi connectivity index (χ1v) is 12.8. The summed E-state index contributed by atoms with van der Waals surface area (Å²) >= 11 is 0. The fourth-order valence-electron chi connectivity index (χ4n) is 5.87. The van der Waals surface area contributed by atoms with Crippen molar-refractivity contribution in [2.45, 2.75) is 97.6 Å². The van der Waals surface area contributed by atoms with Crippen LogP contribution < -0.4 is 10.6 Å². The van der Waals surface area contributed by atoms with Crippen molar-refractivity contribution in [3.63, 3.8) is 0 Å². The monoisotopic (exact) mass is 467 g/mol. The highest BCUT2D eigenvalue weighted by molar-refractivity contribution is 6.02. The van der Waals surface area contributed by atoms with Gasteiger partial charge in [-0.2, -0.15) is 0 Å². The topological polar surface area (TPSA) is 83.2 Å². The van der Waals surface area contributed by atoms with Crippen LogP contribution >= 0.6 is 0 Å². The van der Waals surface area contributed by atoms with Crippen LogP contribution in [0, 0.1) is 11.8 Å². The van der Waals surface area contributed by atoms with Gasteiger partial charge in [-0.15, -0.1) is 0 Å². The first-order valence-electron chi connectivity index (χ1n) is 12.8. The maximum absolute atomic E-state index is 13.3. The number of benzene rings is 1. The number of fused-ring (bicyclic) bond motifs is 2. The summed E-state index contributed by atoms with van der Waals surface area (Å²) in [5.41, 5.74) is 5.94. The number of nitrogens with one attached hydrogen (secondary N) is 3. The third-order valence-corrected chi connectivity index (χ3v) is 8.45. The van der Waals surface area contributed by atoms with Gasteiger partial charge in [0.2, 0.25) is 5.91 Å². The molecule has 0 radical (unpaired) electrons. The van der Waals surface area contributed by atoms with Crippen molar-refractivity contribution in [1.82, 2.24) is 10.3 Å². The molecular formula is C28H41N3O3. The Balaban J connectivity index is 2.00. The van der Waals surface area contributed by atoms with Gasteiger partial charge in [-0.25, -0.2) is 4.79 Å². The number of H-pyrrole nitrogens is 1. The van der Waals surface area contributed by atoms with Gasteiger partial charge in [-0.05, 0) is 65.2 Å². The van der Waals surface area contributed by atoms with Crippen LogP contribution in [0.2, 0.25) is 0 Å². The zero-order valence-corrected chi connectivity index (χ0v) is 22.0. The number of amides is 1. The lowest BCUT2D eigenvalue weighted by atomic mass is 9.58. The highest BCUT2D eigenvalue weighted by atomic mass is 16.5. The average Bonchev–Trinajstić information content (AvgIpc) is 3.18. The lowest BCUT2D eigenvalue weighted by Crippen LogP contribution is -2.50. The minimum absolute atomic E-state index is 0.0227. The van der Waals surface area contributed by atoms with Gasteiger partial charge in [0.1, 0.15) is 12.1 Å². The van der Waals surface area contributed by atoms with Crippen LogP contribution in [0.3, 0.4) is 0 Å². The number of anilines is 1. The molecule has 3 atom stereocenters. The normalized spacial score (nSPS) is 26.4. The summed E-state index contributed by atoms with van der Waals surface area (Å²) in [4.78, 5) is 29.7. The van der Waals surface area contributed by atoms with E-state index in [1.54, 1.807) is 6.92 Å². The molecule has 0 saturated heterocycles. The van der Waals surface area contributed by atoms with Crippen LogP contribution in [0.1, 0.15) is 84.9 Å². The summed E-state index contributed by atoms with van der Waals surface area (Å²) in [5, 5.41) is 7.67. The van der Waals surface area contributed by atoms with Crippen molar-refractivity contribution in [2.75, 3.05) is 11.9 Å². The summed E-state index contributed by atoms with van der Waals surface area (Å²) in [5.74, 6) is -0.0284. The van der Waals surface area contributed by atoms with Gasteiger partial charge in [-0.1, -0.05) is 48.5 Å². The van der Waals surface area contributed by atoms with Gasteiger partial charge in [0.25, 0.3) is 0 Å². The van der Waals surface area contributed by atoms with Crippen LogP contribution in [0.4, 0.5) is 5.69 Å². The molecule has 6 heteroatoms. The molecule has 0 saturated carbocycles. The van der Waals surface area contributed by atoms with Gasteiger partial charge in [0, 0.05) is 23.7 Å². The molecule has 1 aromatic carbocycles. The Kier molecular flexibility index (Phi) is 6.24. The highest BCUT2D eigenvalue weighted by Gasteiger charge is 2.44. The number of ether oxygens (including phenoxy) is 1. The Hall–Kier alpha value is -2.50. The molecule has 4 rings (SSSR count). The second-order valence-electron chi connectivity index (χ2n) is 11.8. The molecule has 186 valence electrons. The van der Waals surface area contributed by atoms with Gasteiger partial charge in [0.05, 0.1) is 12.1 Å². The van der Waals surface area contributed by atoms with E-state index in [0.29, 0.717) is 12.3 Å². The second-order valence-corrected chi connectivity index (χ2v) is 11.8. The smallest absolute Gasteiger partial charge is 0.328 e. The quantitative estimate of drug-likeness (QED) is 0.540. The lowest BCUT2D eigenvalue weighted by molar-refractivity contribution is -0.147. The minimum atomic E-state index is -0.717. The van der Waals surface area contributed by atoms with E-state index in [-0.39, 0.29) is 35.2 Å². The van der Waals surface area contributed by atoms with E-state index in [9.17, 15) is 9.59 Å². The van der Waals surface area contributed by atoms with Crippen LogP contribution in [-0.4, -0.2) is 35.6 Å². The average molecular weight is 468 g/mol. The third-order valence-electron chi connectivity index (χ3n) is 8.45. The van der Waals surface area contributed by atoms with Gasteiger partial charge in [0.15, 0.2) is 0 Å². The Morgan fingerprint density at radius 2 is 1.85 bits per heavy atom. The van der Waals surface area contributed by atoms with E-state index in [0.717, 1.165) is 35.0 Å². The number of rotatable bonds is 4. The SMILES string of the molecule is CCOC(=O)C1Cc2c[nH]c3c4c(cc(c23)N[C@@H](C(C)C)C(=O)N1)C(C)(C(C)C)CCC4(C)C. The molecule has 0 bridgehead atoms. The van der Waals surface area contributed by atoms with Crippen LogP contribution in [0.15, 0.2) is 12.3 Å². The molecule has 0 spiro atoms. The number of hydrogen-bond acceptors (Lipinski definition) is 4. The molecule has 2 aromatic rings. The molecule has 1 aromatic heterocycles. The van der Waals surface area contributed by atoms with E-state index < -0.39 is 12.1 Å². The third kappa shape index (κ3) is 3.89. The first kappa shape index (κ1) is 24.6. The van der Waals surface area contributed by atoms with E-state index >= 15 is 0 Å². The zero-order valence-electron chi connectivity index (χ0n) is 22.0. The zero-order chi connectivity index (χ0) is 25.0. The van der Waals surface area contributed by atoms with Crippen LogP contribution in [0.25, 0.3) is 10.9 Å². The molecule has 1 aliphatic carbocycles. The lowest BCUT2D eigenvalue weighted by Gasteiger charge is -2.46. The van der Waals surface area contributed by atoms with E-state index in [1.807, 2.05) is 20.0 Å². The van der Waals surface area contributed by atoms with Gasteiger partial charge >= 0.3 is 5.97 Å². The Labute approximate surface area is 203 Å². The number of aromatic amines is 1. The molecule has 2 aliphatic rings.